The van der Waals surface area contributed by atoms with Crippen molar-refractivity contribution in [2.45, 2.75) is 39.0 Å². The smallest absolute Gasteiger partial charge is 0.0478 e. The summed E-state index contributed by atoms with van der Waals surface area (Å²) in [4.78, 5) is 0. The Bertz CT molecular complexity index is 168. The number of hydrogen-bond acceptors (Lipinski definition) is 2. The van der Waals surface area contributed by atoms with E-state index in [1.807, 2.05) is 0 Å². The van der Waals surface area contributed by atoms with Crippen molar-refractivity contribution in [3.8, 4) is 0 Å². The third-order valence-electron chi connectivity index (χ3n) is 2.80. The van der Waals surface area contributed by atoms with Gasteiger partial charge in [0, 0.05) is 13.2 Å². The van der Waals surface area contributed by atoms with Crippen molar-refractivity contribution in [3.05, 3.63) is 12.2 Å². The van der Waals surface area contributed by atoms with E-state index in [1.165, 1.54) is 25.8 Å². The maximum Gasteiger partial charge on any atom is 0.0478 e. The topological polar surface area (TPSA) is 21.3 Å². The molecule has 1 atom stereocenters. The van der Waals surface area contributed by atoms with E-state index in [-0.39, 0.29) is 0 Å². The SMILES string of the molecule is CCCOCCCNCC1CC=CCC1. The average molecular weight is 211 g/mol. The second-order valence-corrected chi connectivity index (χ2v) is 4.32. The quantitative estimate of drug-likeness (QED) is 0.492. The molecule has 15 heavy (non-hydrogen) atoms. The highest BCUT2D eigenvalue weighted by atomic mass is 16.5. The van der Waals surface area contributed by atoms with Gasteiger partial charge in [-0.3, -0.25) is 0 Å². The summed E-state index contributed by atoms with van der Waals surface area (Å²) >= 11 is 0. The zero-order valence-corrected chi connectivity index (χ0v) is 10.0. The first-order valence-corrected chi connectivity index (χ1v) is 6.37. The van der Waals surface area contributed by atoms with E-state index in [0.29, 0.717) is 0 Å². The van der Waals surface area contributed by atoms with Crippen LogP contribution in [0.1, 0.15) is 39.0 Å². The van der Waals surface area contributed by atoms with Crippen LogP contribution in [0.3, 0.4) is 0 Å². The summed E-state index contributed by atoms with van der Waals surface area (Å²) in [6.45, 7) is 6.25. The molecule has 0 aromatic rings. The molecule has 0 aromatic carbocycles. The van der Waals surface area contributed by atoms with E-state index in [1.54, 1.807) is 0 Å². The molecular formula is C13H25NO. The van der Waals surface area contributed by atoms with Gasteiger partial charge in [0.25, 0.3) is 0 Å². The van der Waals surface area contributed by atoms with E-state index >= 15 is 0 Å². The van der Waals surface area contributed by atoms with Crippen molar-refractivity contribution in [3.63, 3.8) is 0 Å². The van der Waals surface area contributed by atoms with Crippen LogP contribution in [0, 0.1) is 5.92 Å². The molecule has 1 rings (SSSR count). The Balaban J connectivity index is 1.82. The lowest BCUT2D eigenvalue weighted by molar-refractivity contribution is 0.132. The molecule has 0 spiro atoms. The second kappa shape index (κ2) is 8.93. The standard InChI is InChI=1S/C13H25NO/c1-2-10-15-11-6-9-14-12-13-7-4-3-5-8-13/h3-4,13-14H,2,5-12H2,1H3. The molecule has 0 amide bonds. The third kappa shape index (κ3) is 6.69. The van der Waals surface area contributed by atoms with E-state index in [9.17, 15) is 0 Å². The van der Waals surface area contributed by atoms with Crippen molar-refractivity contribution in [1.29, 1.82) is 0 Å². The molecule has 1 unspecified atom stereocenters. The van der Waals surface area contributed by atoms with Crippen LogP contribution in [0.2, 0.25) is 0 Å². The fourth-order valence-corrected chi connectivity index (χ4v) is 1.89. The van der Waals surface area contributed by atoms with Crippen molar-refractivity contribution in [2.24, 2.45) is 5.92 Å². The molecule has 0 heterocycles. The first kappa shape index (κ1) is 12.7. The number of ether oxygens (including phenoxy) is 1. The van der Waals surface area contributed by atoms with Crippen molar-refractivity contribution in [1.82, 2.24) is 5.32 Å². The molecule has 0 aromatic heterocycles. The summed E-state index contributed by atoms with van der Waals surface area (Å²) in [5.41, 5.74) is 0. The molecule has 0 saturated heterocycles. The number of allylic oxidation sites excluding steroid dienone is 2. The van der Waals surface area contributed by atoms with Gasteiger partial charge in [0.15, 0.2) is 0 Å². The zero-order valence-electron chi connectivity index (χ0n) is 10.0. The highest BCUT2D eigenvalue weighted by Crippen LogP contribution is 2.16. The van der Waals surface area contributed by atoms with Gasteiger partial charge in [-0.05, 0) is 51.1 Å². The van der Waals surface area contributed by atoms with Crippen LogP contribution in [-0.2, 0) is 4.74 Å². The van der Waals surface area contributed by atoms with Gasteiger partial charge in [0.2, 0.25) is 0 Å². The molecule has 0 aliphatic heterocycles. The van der Waals surface area contributed by atoms with Gasteiger partial charge >= 0.3 is 0 Å². The summed E-state index contributed by atoms with van der Waals surface area (Å²) in [6.07, 6.45) is 10.8. The Labute approximate surface area is 94.1 Å². The lowest BCUT2D eigenvalue weighted by Crippen LogP contribution is -2.25. The van der Waals surface area contributed by atoms with Crippen LogP contribution >= 0.6 is 0 Å². The molecule has 2 nitrogen and oxygen atoms in total. The van der Waals surface area contributed by atoms with Crippen LogP contribution in [-0.4, -0.2) is 26.3 Å². The predicted molar refractivity (Wildman–Crippen MR) is 65.1 cm³/mol. The second-order valence-electron chi connectivity index (χ2n) is 4.32. The first-order chi connectivity index (χ1) is 7.43. The van der Waals surface area contributed by atoms with Crippen LogP contribution in [0.15, 0.2) is 12.2 Å². The highest BCUT2D eigenvalue weighted by Gasteiger charge is 2.08. The molecule has 2 heteroatoms. The van der Waals surface area contributed by atoms with E-state index in [4.69, 9.17) is 4.74 Å². The lowest BCUT2D eigenvalue weighted by Gasteiger charge is -2.18. The summed E-state index contributed by atoms with van der Waals surface area (Å²) in [6, 6.07) is 0. The third-order valence-corrected chi connectivity index (χ3v) is 2.80. The van der Waals surface area contributed by atoms with Crippen LogP contribution < -0.4 is 5.32 Å². The fourth-order valence-electron chi connectivity index (χ4n) is 1.89. The van der Waals surface area contributed by atoms with Crippen molar-refractivity contribution >= 4 is 0 Å². The molecule has 1 aliphatic carbocycles. The maximum atomic E-state index is 5.42. The van der Waals surface area contributed by atoms with Crippen molar-refractivity contribution in [2.75, 3.05) is 26.3 Å². The minimum absolute atomic E-state index is 0.867. The molecule has 0 radical (unpaired) electrons. The lowest BCUT2D eigenvalue weighted by atomic mass is 9.94. The molecule has 1 aliphatic rings. The molecule has 0 fully saturated rings. The molecule has 0 bridgehead atoms. The van der Waals surface area contributed by atoms with Crippen LogP contribution in [0.25, 0.3) is 0 Å². The Morgan fingerprint density at radius 2 is 2.27 bits per heavy atom. The van der Waals surface area contributed by atoms with Crippen LogP contribution in [0.5, 0.6) is 0 Å². The fraction of sp³-hybridized carbons (Fsp3) is 0.846. The average Bonchev–Trinajstić information content (AvgIpc) is 2.29. The summed E-state index contributed by atoms with van der Waals surface area (Å²) in [5.74, 6) is 0.867. The van der Waals surface area contributed by atoms with E-state index < -0.39 is 0 Å². The first-order valence-electron chi connectivity index (χ1n) is 6.37. The van der Waals surface area contributed by atoms with Gasteiger partial charge in [-0.15, -0.1) is 0 Å². The van der Waals surface area contributed by atoms with Gasteiger partial charge in [0.1, 0.15) is 0 Å². The van der Waals surface area contributed by atoms with Crippen molar-refractivity contribution < 1.29 is 4.74 Å². The largest absolute Gasteiger partial charge is 0.381 e. The Hall–Kier alpha value is -0.340. The van der Waals surface area contributed by atoms with E-state index in [2.05, 4.69) is 24.4 Å². The Kier molecular flexibility index (Phi) is 7.58. The van der Waals surface area contributed by atoms with Gasteiger partial charge in [-0.1, -0.05) is 19.1 Å². The van der Waals surface area contributed by atoms with Gasteiger partial charge in [0.05, 0.1) is 0 Å². The number of nitrogens with one attached hydrogen (secondary N) is 1. The minimum Gasteiger partial charge on any atom is -0.381 e. The van der Waals surface area contributed by atoms with Gasteiger partial charge in [-0.2, -0.15) is 0 Å². The molecule has 1 N–H and O–H groups in total. The Morgan fingerprint density at radius 3 is 3.00 bits per heavy atom. The van der Waals surface area contributed by atoms with Gasteiger partial charge < -0.3 is 10.1 Å². The zero-order chi connectivity index (χ0) is 10.8. The Morgan fingerprint density at radius 1 is 1.33 bits per heavy atom. The monoisotopic (exact) mass is 211 g/mol. The summed E-state index contributed by atoms with van der Waals surface area (Å²) in [7, 11) is 0. The minimum atomic E-state index is 0.867. The summed E-state index contributed by atoms with van der Waals surface area (Å²) in [5, 5.41) is 3.52. The highest BCUT2D eigenvalue weighted by molar-refractivity contribution is 4.90. The van der Waals surface area contributed by atoms with Gasteiger partial charge in [-0.25, -0.2) is 0 Å². The normalized spacial score (nSPS) is 20.7. The van der Waals surface area contributed by atoms with Crippen LogP contribution in [0.4, 0.5) is 0 Å². The molecule has 0 saturated carbocycles. The number of rotatable bonds is 8. The maximum absolute atomic E-state index is 5.42. The van der Waals surface area contributed by atoms with E-state index in [0.717, 1.165) is 38.5 Å². The predicted octanol–water partition coefficient (Wildman–Crippen LogP) is 2.75. The molecule has 88 valence electrons. The number of hydrogen-bond donors (Lipinski definition) is 1. The summed E-state index contributed by atoms with van der Waals surface area (Å²) < 4.78 is 5.42. The molecular weight excluding hydrogens is 186 g/mol.